The molecule has 0 spiro atoms. The largest absolute Gasteiger partial charge is 0.472 e. The molecule has 678 valence electrons. The van der Waals surface area contributed by atoms with Crippen LogP contribution in [0.2, 0.25) is 0 Å². The van der Waals surface area contributed by atoms with Gasteiger partial charge in [0.05, 0.1) is 26.4 Å². The first kappa shape index (κ1) is 113. The summed E-state index contributed by atoms with van der Waals surface area (Å²) >= 11 is 0. The third-order valence-corrected chi connectivity index (χ3v) is 22.6. The zero-order chi connectivity index (χ0) is 85.1. The molecule has 18 heteroatoms. The normalized spacial score (nSPS) is 14.3. The van der Waals surface area contributed by atoms with Crippen LogP contribution in [-0.2, 0) is 55.8 Å². The van der Waals surface area contributed by atoms with Crippen molar-refractivity contribution in [2.24, 2.45) is 0 Å². The zero-order valence-corrected chi connectivity index (χ0v) is 76.6. The van der Waals surface area contributed by atoms with Gasteiger partial charge in [-0.3, -0.25) is 32.5 Å². The molecule has 0 radical (unpaired) electrons. The minimum absolute atomic E-state index is 0.109. The zero-order valence-electron chi connectivity index (χ0n) is 74.9. The highest BCUT2D eigenvalue weighted by Gasteiger charge is 2.30. The highest BCUT2D eigenvalue weighted by Crippen LogP contribution is 2.45. The molecule has 117 heavy (non-hydrogen) atoms. The number of hydrogen-bond donors (Lipinski definition) is 4. The fourth-order valence-corrected chi connectivity index (χ4v) is 15.0. The number of allylic oxidation sites excluding steroid dienone is 20. The lowest BCUT2D eigenvalue weighted by Crippen LogP contribution is -2.30. The van der Waals surface area contributed by atoms with Crippen LogP contribution in [0.5, 0.6) is 0 Å². The third kappa shape index (κ3) is 92.5. The SMILES string of the molecule is CC/C=C\C/C=C\C/C=C\C/C=C\C/C=C\C/C=C\CCCCCCCCCCCCCCCCC(=O)OCC(COP(=O)(O)OCC(O)COP(=O)(O)OCC(O)COC(=O)CCCCCCCCCCCCCCCCCCCCC/C=C\C/C=C\C/C=C\C/C=C\CCCCC)OC(=O)CCCCCCCCCCCCCCC. The molecule has 0 aliphatic heterocycles. The Kier molecular flexibility index (Phi) is 88.0. The number of phosphoric ester groups is 2. The van der Waals surface area contributed by atoms with Gasteiger partial charge in [0.25, 0.3) is 0 Å². The predicted molar refractivity (Wildman–Crippen MR) is 491 cm³/mol. The Bertz CT molecular complexity index is 2610. The van der Waals surface area contributed by atoms with E-state index in [9.17, 15) is 43.5 Å². The van der Waals surface area contributed by atoms with E-state index in [1.807, 2.05) is 0 Å². The molecule has 5 unspecified atom stereocenters. The van der Waals surface area contributed by atoms with Gasteiger partial charge in [-0.15, -0.1) is 0 Å². The van der Waals surface area contributed by atoms with E-state index >= 15 is 0 Å². The number of aliphatic hydroxyl groups excluding tert-OH is 2. The van der Waals surface area contributed by atoms with Crippen LogP contribution in [0.1, 0.15) is 432 Å². The minimum atomic E-state index is -4.93. The molecular formula is C99H176O16P2. The van der Waals surface area contributed by atoms with Crippen molar-refractivity contribution in [3.8, 4) is 0 Å². The van der Waals surface area contributed by atoms with Crippen molar-refractivity contribution in [1.82, 2.24) is 0 Å². The second-order valence-corrected chi connectivity index (χ2v) is 35.1. The quantitative estimate of drug-likeness (QED) is 0.0146. The summed E-state index contributed by atoms with van der Waals surface area (Å²) in [5.74, 6) is -1.55. The van der Waals surface area contributed by atoms with Gasteiger partial charge in [0, 0.05) is 19.3 Å². The molecule has 0 aromatic carbocycles. The van der Waals surface area contributed by atoms with Crippen LogP contribution in [0, 0.1) is 0 Å². The Hall–Kier alpha value is -4.05. The maximum absolute atomic E-state index is 13.0. The van der Waals surface area contributed by atoms with Gasteiger partial charge >= 0.3 is 33.6 Å². The summed E-state index contributed by atoms with van der Waals surface area (Å²) < 4.78 is 61.4. The number of esters is 3. The average Bonchev–Trinajstić information content (AvgIpc) is 0.898. The molecule has 0 rings (SSSR count). The molecule has 16 nitrogen and oxygen atoms in total. The maximum Gasteiger partial charge on any atom is 0.472 e. The molecule has 0 saturated heterocycles. The Balaban J connectivity index is 4.35. The smallest absolute Gasteiger partial charge is 0.463 e. The number of phosphoric acid groups is 2. The topological polar surface area (TPSA) is 231 Å². The number of carbonyl (C=O) groups excluding carboxylic acids is 3. The van der Waals surface area contributed by atoms with E-state index in [1.165, 1.54) is 244 Å². The average molecular weight is 1680 g/mol. The number of aliphatic hydroxyl groups is 2. The van der Waals surface area contributed by atoms with E-state index in [0.717, 1.165) is 128 Å². The highest BCUT2D eigenvalue weighted by molar-refractivity contribution is 7.47. The monoisotopic (exact) mass is 1680 g/mol. The van der Waals surface area contributed by atoms with E-state index in [0.29, 0.717) is 19.3 Å². The summed E-state index contributed by atoms with van der Waals surface area (Å²) in [5, 5.41) is 20.7. The van der Waals surface area contributed by atoms with Crippen molar-refractivity contribution >= 4 is 33.6 Å². The number of hydrogen-bond acceptors (Lipinski definition) is 14. The van der Waals surface area contributed by atoms with Crippen LogP contribution in [-0.4, -0.2) is 95.9 Å². The lowest BCUT2D eigenvalue weighted by Gasteiger charge is -2.21. The van der Waals surface area contributed by atoms with Gasteiger partial charge in [0.2, 0.25) is 0 Å². The van der Waals surface area contributed by atoms with Crippen molar-refractivity contribution in [3.63, 3.8) is 0 Å². The van der Waals surface area contributed by atoms with Crippen LogP contribution in [0.3, 0.4) is 0 Å². The van der Waals surface area contributed by atoms with E-state index in [4.69, 9.17) is 32.3 Å². The van der Waals surface area contributed by atoms with Gasteiger partial charge < -0.3 is 34.2 Å². The lowest BCUT2D eigenvalue weighted by molar-refractivity contribution is -0.161. The van der Waals surface area contributed by atoms with Crippen molar-refractivity contribution < 1.29 is 75.8 Å². The molecule has 4 N–H and O–H groups in total. The predicted octanol–water partition coefficient (Wildman–Crippen LogP) is 29.6. The number of unbranched alkanes of at least 4 members (excludes halogenated alkanes) is 48. The van der Waals surface area contributed by atoms with Crippen LogP contribution in [0.4, 0.5) is 0 Å². The van der Waals surface area contributed by atoms with Crippen LogP contribution < -0.4 is 0 Å². The van der Waals surface area contributed by atoms with Gasteiger partial charge in [0.1, 0.15) is 25.4 Å². The standard InChI is InChI=1S/C99H176O16P2/c1-4-7-10-13-16-19-22-25-27-29-31-33-35-37-39-41-43-45-46-48-50-51-53-55-57-59-61-63-65-68-70-73-76-79-82-85-97(102)109-88-94(100)89-111-116(105,106)112-90-95(101)91-113-117(107,108)114-93-96(115-99(104)87-84-81-78-75-72-67-24-21-18-15-12-9-6-3)92-110-98(103)86-83-80-77-74-71-69-66-64-62-60-58-56-54-52-49-47-44-42-40-38-36-34-32-30-28-26-23-20-17-14-11-8-5-2/h8,11,16-17,19-20,25-28,31-34,37-40,44,47,94-96,100-101H,4-7,9-10,12-15,18,21-24,29-30,35-36,41-43,45-46,48-93H2,1-3H3,(H,105,106)(H,107,108)/b11-8-,19-16-,20-17-,27-25-,28-26-,33-31-,34-32-,39-37-,40-38-,47-44-. The second kappa shape index (κ2) is 91.2. The first-order valence-electron chi connectivity index (χ1n) is 47.8. The Morgan fingerprint density at radius 2 is 0.453 bits per heavy atom. The van der Waals surface area contributed by atoms with Gasteiger partial charge in [-0.1, -0.05) is 418 Å². The summed E-state index contributed by atoms with van der Waals surface area (Å²) in [7, 11) is -9.79. The summed E-state index contributed by atoms with van der Waals surface area (Å²) in [4.78, 5) is 58.9. The van der Waals surface area contributed by atoms with Crippen LogP contribution in [0.25, 0.3) is 0 Å². The van der Waals surface area contributed by atoms with Crippen molar-refractivity contribution in [1.29, 1.82) is 0 Å². The molecule has 0 aromatic heterocycles. The number of carbonyl (C=O) groups is 3. The molecule has 0 aliphatic carbocycles. The van der Waals surface area contributed by atoms with E-state index in [2.05, 4.69) is 142 Å². The summed E-state index contributed by atoms with van der Waals surface area (Å²) in [6, 6.07) is 0. The highest BCUT2D eigenvalue weighted by atomic mass is 31.2. The van der Waals surface area contributed by atoms with Crippen molar-refractivity contribution in [2.75, 3.05) is 39.6 Å². The summed E-state index contributed by atoms with van der Waals surface area (Å²) in [5.41, 5.74) is 0. The first-order valence-corrected chi connectivity index (χ1v) is 50.8. The molecule has 0 bridgehead atoms. The fourth-order valence-electron chi connectivity index (χ4n) is 13.4. The molecule has 0 heterocycles. The van der Waals surface area contributed by atoms with Gasteiger partial charge in [0.15, 0.2) is 6.10 Å². The van der Waals surface area contributed by atoms with Gasteiger partial charge in [-0.25, -0.2) is 9.13 Å². The molecular weight excluding hydrogens is 1510 g/mol. The molecule has 0 aliphatic rings. The summed E-state index contributed by atoms with van der Waals surface area (Å²) in [6.07, 6.45) is 113. The Labute approximate surface area is 716 Å². The van der Waals surface area contributed by atoms with Crippen molar-refractivity contribution in [3.05, 3.63) is 122 Å². The Morgan fingerprint density at radius 1 is 0.248 bits per heavy atom. The number of ether oxygens (including phenoxy) is 3. The molecule has 5 atom stereocenters. The van der Waals surface area contributed by atoms with Gasteiger partial charge in [-0.2, -0.15) is 0 Å². The summed E-state index contributed by atoms with van der Waals surface area (Å²) in [6.45, 7) is 2.62. The lowest BCUT2D eigenvalue weighted by atomic mass is 10.0. The Morgan fingerprint density at radius 3 is 0.735 bits per heavy atom. The van der Waals surface area contributed by atoms with Crippen LogP contribution in [0.15, 0.2) is 122 Å². The van der Waals surface area contributed by atoms with Crippen molar-refractivity contribution in [2.45, 2.75) is 450 Å². The van der Waals surface area contributed by atoms with E-state index in [-0.39, 0.29) is 19.3 Å². The molecule has 0 saturated carbocycles. The minimum Gasteiger partial charge on any atom is -0.463 e. The fraction of sp³-hybridized carbons (Fsp3) is 0.768. The molecule has 0 aromatic rings. The first-order chi connectivity index (χ1) is 57.2. The van der Waals surface area contributed by atoms with Gasteiger partial charge in [-0.05, 0) is 116 Å². The third-order valence-electron chi connectivity index (χ3n) is 20.7. The van der Waals surface area contributed by atoms with E-state index < -0.39 is 91.5 Å². The number of rotatable bonds is 91. The van der Waals surface area contributed by atoms with E-state index in [1.54, 1.807) is 0 Å². The van der Waals surface area contributed by atoms with Crippen LogP contribution >= 0.6 is 15.6 Å². The maximum atomic E-state index is 13.0. The molecule has 0 fully saturated rings. The second-order valence-electron chi connectivity index (χ2n) is 32.1. The molecule has 0 amide bonds.